The third kappa shape index (κ3) is 21.4. The Balaban J connectivity index is 1.77. The van der Waals surface area contributed by atoms with Gasteiger partial charge in [-0.05, 0) is 56.2 Å². The average molecular weight is 561 g/mol. The van der Waals surface area contributed by atoms with Gasteiger partial charge in [0.15, 0.2) is 0 Å². The van der Waals surface area contributed by atoms with Crippen molar-refractivity contribution in [2.45, 2.75) is 180 Å². The lowest BCUT2D eigenvalue weighted by Crippen LogP contribution is -2.17. The van der Waals surface area contributed by atoms with Crippen LogP contribution in [0.4, 0.5) is 0 Å². The Labute approximate surface area is 247 Å². The maximum absolute atomic E-state index is 11.6. The quantitative estimate of drug-likeness (QED) is 0.0891. The lowest BCUT2D eigenvalue weighted by molar-refractivity contribution is -0.122. The second kappa shape index (κ2) is 25.3. The van der Waals surface area contributed by atoms with Crippen molar-refractivity contribution in [2.75, 3.05) is 0 Å². The van der Waals surface area contributed by atoms with Crippen molar-refractivity contribution in [2.24, 2.45) is 5.92 Å². The first-order valence-electron chi connectivity index (χ1n) is 17.1. The molecule has 0 amide bonds. The van der Waals surface area contributed by atoms with Crippen LogP contribution in [0, 0.1) is 5.92 Å². The number of aliphatic hydroxyl groups is 2. The fraction of sp³-hybridized carbons (Fsp3) is 0.806. The SMILES string of the molecule is CCC(=O)[C@@H](C)CCCC[C@@H](O)C[C@H](O)CCCCCCCCCCCCCCCCCCc1ccc(O)cc1. The second-order valence-electron chi connectivity index (χ2n) is 12.4. The minimum absolute atomic E-state index is 0.138. The summed E-state index contributed by atoms with van der Waals surface area (Å²) in [6.45, 7) is 3.92. The Morgan fingerprint density at radius 1 is 0.600 bits per heavy atom. The summed E-state index contributed by atoms with van der Waals surface area (Å²) < 4.78 is 0. The van der Waals surface area contributed by atoms with Gasteiger partial charge in [-0.1, -0.05) is 135 Å². The largest absolute Gasteiger partial charge is 0.508 e. The monoisotopic (exact) mass is 560 g/mol. The summed E-state index contributed by atoms with van der Waals surface area (Å²) in [6, 6.07) is 7.63. The molecule has 232 valence electrons. The van der Waals surface area contributed by atoms with Crippen LogP contribution in [0.5, 0.6) is 5.75 Å². The summed E-state index contributed by atoms with van der Waals surface area (Å²) in [5.41, 5.74) is 1.33. The van der Waals surface area contributed by atoms with Crippen LogP contribution in [0.2, 0.25) is 0 Å². The molecule has 0 saturated carbocycles. The molecule has 1 rings (SSSR count). The molecule has 0 saturated heterocycles. The van der Waals surface area contributed by atoms with Crippen molar-refractivity contribution in [3.63, 3.8) is 0 Å². The van der Waals surface area contributed by atoms with E-state index in [1.807, 2.05) is 26.0 Å². The second-order valence-corrected chi connectivity index (χ2v) is 12.4. The fourth-order valence-electron chi connectivity index (χ4n) is 5.74. The zero-order chi connectivity index (χ0) is 29.3. The molecule has 0 bridgehead atoms. The van der Waals surface area contributed by atoms with E-state index < -0.39 is 6.10 Å². The Hall–Kier alpha value is -1.39. The number of hydrogen-bond acceptors (Lipinski definition) is 4. The first kappa shape index (κ1) is 36.6. The molecule has 3 N–H and O–H groups in total. The van der Waals surface area contributed by atoms with E-state index in [2.05, 4.69) is 0 Å². The van der Waals surface area contributed by atoms with Crippen molar-refractivity contribution in [1.82, 2.24) is 0 Å². The lowest BCUT2D eigenvalue weighted by Gasteiger charge is -2.16. The van der Waals surface area contributed by atoms with Gasteiger partial charge in [-0.3, -0.25) is 4.79 Å². The van der Waals surface area contributed by atoms with Crippen LogP contribution >= 0.6 is 0 Å². The van der Waals surface area contributed by atoms with Gasteiger partial charge in [0.2, 0.25) is 0 Å². The predicted molar refractivity (Wildman–Crippen MR) is 170 cm³/mol. The highest BCUT2D eigenvalue weighted by atomic mass is 16.3. The Kier molecular flexibility index (Phi) is 23.2. The first-order chi connectivity index (χ1) is 19.4. The summed E-state index contributed by atoms with van der Waals surface area (Å²) in [6.07, 6.45) is 26.9. The van der Waals surface area contributed by atoms with Crippen molar-refractivity contribution < 1.29 is 20.1 Å². The molecular formula is C36H64O4. The van der Waals surface area contributed by atoms with E-state index in [1.165, 1.54) is 102 Å². The van der Waals surface area contributed by atoms with Gasteiger partial charge in [0.05, 0.1) is 12.2 Å². The van der Waals surface area contributed by atoms with E-state index in [9.17, 15) is 20.1 Å². The van der Waals surface area contributed by atoms with Crippen LogP contribution in [-0.2, 0) is 11.2 Å². The number of rotatable bonds is 28. The number of carbonyl (C=O) groups is 1. The van der Waals surface area contributed by atoms with E-state index in [0.29, 0.717) is 24.4 Å². The molecular weight excluding hydrogens is 496 g/mol. The number of carbonyl (C=O) groups excluding carboxylic acids is 1. The number of phenolic OH excluding ortho intramolecular Hbond substituents is 1. The van der Waals surface area contributed by atoms with Gasteiger partial charge < -0.3 is 15.3 Å². The van der Waals surface area contributed by atoms with Gasteiger partial charge in [-0.15, -0.1) is 0 Å². The topological polar surface area (TPSA) is 77.8 Å². The molecule has 0 unspecified atom stereocenters. The molecule has 0 aliphatic carbocycles. The molecule has 4 nitrogen and oxygen atoms in total. The molecule has 0 radical (unpaired) electrons. The number of hydrogen-bond donors (Lipinski definition) is 3. The summed E-state index contributed by atoms with van der Waals surface area (Å²) >= 11 is 0. The molecule has 1 aromatic rings. The van der Waals surface area contributed by atoms with E-state index in [4.69, 9.17) is 0 Å². The van der Waals surface area contributed by atoms with Gasteiger partial charge >= 0.3 is 0 Å². The van der Waals surface area contributed by atoms with Crippen LogP contribution in [0.15, 0.2) is 24.3 Å². The van der Waals surface area contributed by atoms with Crippen LogP contribution < -0.4 is 0 Å². The fourth-order valence-corrected chi connectivity index (χ4v) is 5.74. The molecule has 0 heterocycles. The van der Waals surface area contributed by atoms with Gasteiger partial charge in [0, 0.05) is 12.3 Å². The molecule has 3 atom stereocenters. The Bertz CT molecular complexity index is 701. The summed E-state index contributed by atoms with van der Waals surface area (Å²) in [5, 5.41) is 29.8. The minimum Gasteiger partial charge on any atom is -0.508 e. The van der Waals surface area contributed by atoms with Crippen molar-refractivity contribution in [1.29, 1.82) is 0 Å². The number of aromatic hydroxyl groups is 1. The number of Topliss-reactive ketones (excluding diaryl/α,β-unsaturated/α-hetero) is 1. The first-order valence-corrected chi connectivity index (χ1v) is 17.1. The zero-order valence-corrected chi connectivity index (χ0v) is 26.3. The van der Waals surface area contributed by atoms with Gasteiger partial charge in [-0.2, -0.15) is 0 Å². The van der Waals surface area contributed by atoms with E-state index in [1.54, 1.807) is 12.1 Å². The van der Waals surface area contributed by atoms with Crippen molar-refractivity contribution in [3.8, 4) is 5.75 Å². The third-order valence-corrected chi connectivity index (χ3v) is 8.56. The highest BCUT2D eigenvalue weighted by molar-refractivity contribution is 5.80. The smallest absolute Gasteiger partial charge is 0.135 e. The standard InChI is InChI=1S/C36H64O4/c1-3-36(40)31(2)22-20-21-25-35(39)30-34(38)24-19-17-15-13-11-9-7-5-4-6-8-10-12-14-16-18-23-32-26-28-33(37)29-27-32/h26-29,31,34-35,37-39H,3-25,30H2,1-2H3/t31-,34+,35+/m0/s1. The summed E-state index contributed by atoms with van der Waals surface area (Å²) in [5.74, 6) is 0.826. The lowest BCUT2D eigenvalue weighted by atomic mass is 9.95. The van der Waals surface area contributed by atoms with Gasteiger partial charge in [-0.25, -0.2) is 0 Å². The van der Waals surface area contributed by atoms with Crippen LogP contribution in [-0.4, -0.2) is 33.3 Å². The average Bonchev–Trinajstić information content (AvgIpc) is 2.95. The van der Waals surface area contributed by atoms with E-state index in [-0.39, 0.29) is 12.0 Å². The molecule has 0 spiro atoms. The molecule has 4 heteroatoms. The molecule has 0 aliphatic heterocycles. The molecule has 0 fully saturated rings. The third-order valence-electron chi connectivity index (χ3n) is 8.56. The number of benzene rings is 1. The normalized spacial score (nSPS) is 13.8. The number of phenols is 1. The molecule has 0 aromatic heterocycles. The number of aliphatic hydroxyl groups excluding tert-OH is 2. The van der Waals surface area contributed by atoms with Crippen LogP contribution in [0.1, 0.15) is 167 Å². The van der Waals surface area contributed by atoms with E-state index >= 15 is 0 Å². The van der Waals surface area contributed by atoms with Gasteiger partial charge in [0.25, 0.3) is 0 Å². The Morgan fingerprint density at radius 3 is 1.43 bits per heavy atom. The number of unbranched alkanes of at least 4 members (excludes halogenated alkanes) is 16. The molecule has 1 aromatic carbocycles. The maximum Gasteiger partial charge on any atom is 0.135 e. The number of ketones is 1. The zero-order valence-electron chi connectivity index (χ0n) is 26.3. The summed E-state index contributed by atoms with van der Waals surface area (Å²) in [4.78, 5) is 11.6. The van der Waals surface area contributed by atoms with E-state index in [0.717, 1.165) is 44.9 Å². The predicted octanol–water partition coefficient (Wildman–Crippen LogP) is 9.85. The molecule has 0 aliphatic rings. The van der Waals surface area contributed by atoms with Gasteiger partial charge in [0.1, 0.15) is 11.5 Å². The summed E-state index contributed by atoms with van der Waals surface area (Å²) in [7, 11) is 0. The van der Waals surface area contributed by atoms with Crippen molar-refractivity contribution in [3.05, 3.63) is 29.8 Å². The minimum atomic E-state index is -0.416. The van der Waals surface area contributed by atoms with Crippen molar-refractivity contribution >= 4 is 5.78 Å². The van der Waals surface area contributed by atoms with Crippen LogP contribution in [0.25, 0.3) is 0 Å². The highest BCUT2D eigenvalue weighted by Crippen LogP contribution is 2.18. The number of aryl methyl sites for hydroxylation is 1. The maximum atomic E-state index is 11.6. The highest BCUT2D eigenvalue weighted by Gasteiger charge is 2.13. The van der Waals surface area contributed by atoms with Crippen LogP contribution in [0.3, 0.4) is 0 Å². The molecule has 40 heavy (non-hydrogen) atoms. The Morgan fingerprint density at radius 2 is 0.975 bits per heavy atom.